The molecule has 0 saturated heterocycles. The molecule has 0 aliphatic heterocycles. The highest BCUT2D eigenvalue weighted by atomic mass is 32.2. The smallest absolute Gasteiger partial charge is 0.266 e. The molecule has 2 N–H and O–H groups in total. The second kappa shape index (κ2) is 6.07. The fraction of sp³-hybridized carbons (Fsp3) is 0.133. The Labute approximate surface area is 124 Å². The van der Waals surface area contributed by atoms with E-state index in [-0.39, 0.29) is 4.90 Å². The maximum atomic E-state index is 12.1. The van der Waals surface area contributed by atoms with E-state index in [1.165, 1.54) is 6.07 Å². The summed E-state index contributed by atoms with van der Waals surface area (Å²) in [5, 5.41) is 0. The van der Waals surface area contributed by atoms with Crippen LogP contribution in [0, 0.1) is 13.8 Å². The zero-order valence-electron chi connectivity index (χ0n) is 11.8. The minimum Gasteiger partial charge on any atom is -0.273 e. The van der Waals surface area contributed by atoms with Crippen LogP contribution in [0.4, 0.5) is 0 Å². The first-order valence-electron chi connectivity index (χ1n) is 6.34. The largest absolute Gasteiger partial charge is 0.273 e. The van der Waals surface area contributed by atoms with Crippen LogP contribution in [-0.2, 0) is 10.0 Å². The lowest BCUT2D eigenvalue weighted by molar-refractivity contribution is 0.0945. The van der Waals surface area contributed by atoms with Crippen molar-refractivity contribution in [3.63, 3.8) is 0 Å². The summed E-state index contributed by atoms with van der Waals surface area (Å²) in [6.07, 6.45) is 0. The van der Waals surface area contributed by atoms with Gasteiger partial charge in [-0.25, -0.2) is 8.42 Å². The van der Waals surface area contributed by atoms with Crippen molar-refractivity contribution in [2.45, 2.75) is 18.7 Å². The molecule has 0 unspecified atom stereocenters. The molecule has 0 aliphatic rings. The predicted molar refractivity (Wildman–Crippen MR) is 80.1 cm³/mol. The highest BCUT2D eigenvalue weighted by Crippen LogP contribution is 2.14. The topological polar surface area (TPSA) is 75.3 Å². The van der Waals surface area contributed by atoms with E-state index in [1.807, 2.05) is 13.8 Å². The highest BCUT2D eigenvalue weighted by molar-refractivity contribution is 7.89. The van der Waals surface area contributed by atoms with Crippen molar-refractivity contribution in [1.82, 2.24) is 10.3 Å². The van der Waals surface area contributed by atoms with E-state index in [2.05, 4.69) is 10.3 Å². The van der Waals surface area contributed by atoms with Crippen LogP contribution < -0.4 is 10.3 Å². The van der Waals surface area contributed by atoms with Gasteiger partial charge in [0.25, 0.3) is 15.9 Å². The van der Waals surface area contributed by atoms with Crippen LogP contribution in [-0.4, -0.2) is 14.3 Å². The number of sulfonamides is 1. The van der Waals surface area contributed by atoms with Crippen LogP contribution in [0.15, 0.2) is 53.4 Å². The molecule has 5 nitrogen and oxygen atoms in total. The van der Waals surface area contributed by atoms with E-state index in [0.717, 1.165) is 11.1 Å². The third-order valence-electron chi connectivity index (χ3n) is 3.12. The third-order valence-corrected chi connectivity index (χ3v) is 4.37. The van der Waals surface area contributed by atoms with Crippen molar-refractivity contribution in [3.8, 4) is 0 Å². The zero-order valence-corrected chi connectivity index (χ0v) is 12.6. The first-order valence-corrected chi connectivity index (χ1v) is 7.83. The minimum atomic E-state index is -3.78. The molecular weight excluding hydrogens is 288 g/mol. The SMILES string of the molecule is Cc1ccc(S(=O)(=O)NNC(=O)c2ccccc2)cc1C. The lowest BCUT2D eigenvalue weighted by Crippen LogP contribution is -2.41. The fourth-order valence-electron chi connectivity index (χ4n) is 1.72. The highest BCUT2D eigenvalue weighted by Gasteiger charge is 2.16. The molecule has 110 valence electrons. The Kier molecular flexibility index (Phi) is 4.40. The maximum absolute atomic E-state index is 12.1. The summed E-state index contributed by atoms with van der Waals surface area (Å²) in [6.45, 7) is 3.73. The van der Waals surface area contributed by atoms with Crippen molar-refractivity contribution in [2.75, 3.05) is 0 Å². The second-order valence-corrected chi connectivity index (χ2v) is 6.35. The van der Waals surface area contributed by atoms with E-state index in [4.69, 9.17) is 0 Å². The van der Waals surface area contributed by atoms with Crippen molar-refractivity contribution < 1.29 is 13.2 Å². The van der Waals surface area contributed by atoms with Gasteiger partial charge in [0, 0.05) is 5.56 Å². The molecule has 21 heavy (non-hydrogen) atoms. The van der Waals surface area contributed by atoms with Gasteiger partial charge in [0.15, 0.2) is 0 Å². The quantitative estimate of drug-likeness (QED) is 0.848. The van der Waals surface area contributed by atoms with Gasteiger partial charge in [0.2, 0.25) is 0 Å². The molecule has 0 spiro atoms. The number of rotatable bonds is 4. The standard InChI is InChI=1S/C15H16N2O3S/c1-11-8-9-14(10-12(11)2)21(19,20)17-16-15(18)13-6-4-3-5-7-13/h3-10,17H,1-2H3,(H,16,18). The van der Waals surface area contributed by atoms with Crippen LogP contribution in [0.3, 0.4) is 0 Å². The number of benzene rings is 2. The Hall–Kier alpha value is -2.18. The average molecular weight is 304 g/mol. The zero-order chi connectivity index (χ0) is 15.5. The number of hydrogen-bond acceptors (Lipinski definition) is 3. The van der Waals surface area contributed by atoms with Gasteiger partial charge in [0.1, 0.15) is 0 Å². The Morgan fingerprint density at radius 3 is 2.24 bits per heavy atom. The van der Waals surface area contributed by atoms with Gasteiger partial charge in [0.05, 0.1) is 4.90 Å². The van der Waals surface area contributed by atoms with Crippen LogP contribution in [0.1, 0.15) is 21.5 Å². The molecule has 2 aromatic rings. The van der Waals surface area contributed by atoms with E-state index in [0.29, 0.717) is 5.56 Å². The lowest BCUT2D eigenvalue weighted by Gasteiger charge is -2.09. The molecule has 0 saturated carbocycles. The van der Waals surface area contributed by atoms with Crippen LogP contribution >= 0.6 is 0 Å². The summed E-state index contributed by atoms with van der Waals surface area (Å²) >= 11 is 0. The Morgan fingerprint density at radius 2 is 1.62 bits per heavy atom. The third kappa shape index (κ3) is 3.68. The van der Waals surface area contributed by atoms with Crippen molar-refractivity contribution in [3.05, 3.63) is 65.2 Å². The molecule has 0 atom stereocenters. The molecule has 0 aliphatic carbocycles. The van der Waals surface area contributed by atoms with Gasteiger partial charge in [-0.3, -0.25) is 10.2 Å². The van der Waals surface area contributed by atoms with Crippen molar-refractivity contribution in [2.24, 2.45) is 0 Å². The molecular formula is C15H16N2O3S. The predicted octanol–water partition coefficient (Wildman–Crippen LogP) is 1.93. The van der Waals surface area contributed by atoms with E-state index >= 15 is 0 Å². The average Bonchev–Trinajstić information content (AvgIpc) is 2.48. The molecule has 0 heterocycles. The van der Waals surface area contributed by atoms with Gasteiger partial charge in [-0.05, 0) is 49.2 Å². The number of carbonyl (C=O) groups is 1. The number of hydrogen-bond donors (Lipinski definition) is 2. The van der Waals surface area contributed by atoms with Crippen molar-refractivity contribution >= 4 is 15.9 Å². The number of nitrogens with one attached hydrogen (secondary N) is 2. The Morgan fingerprint density at radius 1 is 0.952 bits per heavy atom. The van der Waals surface area contributed by atoms with E-state index < -0.39 is 15.9 Å². The van der Waals surface area contributed by atoms with Gasteiger partial charge in [-0.2, -0.15) is 0 Å². The molecule has 0 fully saturated rings. The van der Waals surface area contributed by atoms with Gasteiger partial charge < -0.3 is 0 Å². The number of amides is 1. The van der Waals surface area contributed by atoms with Crippen molar-refractivity contribution in [1.29, 1.82) is 0 Å². The summed E-state index contributed by atoms with van der Waals surface area (Å²) in [5.74, 6) is -0.511. The number of hydrazine groups is 1. The lowest BCUT2D eigenvalue weighted by atomic mass is 10.1. The summed E-state index contributed by atoms with van der Waals surface area (Å²) in [4.78, 5) is 14.0. The molecule has 2 aromatic carbocycles. The molecule has 2 rings (SSSR count). The Balaban J connectivity index is 2.11. The number of carbonyl (C=O) groups excluding carboxylic acids is 1. The Bertz CT molecular complexity index is 756. The van der Waals surface area contributed by atoms with Crippen LogP contribution in [0.2, 0.25) is 0 Å². The maximum Gasteiger partial charge on any atom is 0.266 e. The van der Waals surface area contributed by atoms with E-state index in [9.17, 15) is 13.2 Å². The van der Waals surface area contributed by atoms with Gasteiger partial charge in [-0.1, -0.05) is 24.3 Å². The summed E-state index contributed by atoms with van der Waals surface area (Å²) in [6, 6.07) is 13.2. The molecule has 0 radical (unpaired) electrons. The first kappa shape index (κ1) is 15.2. The molecule has 1 amide bonds. The summed E-state index contributed by atoms with van der Waals surface area (Å²) in [5.41, 5.74) is 4.44. The molecule has 0 aromatic heterocycles. The normalized spacial score (nSPS) is 11.1. The monoisotopic (exact) mass is 304 g/mol. The molecule has 0 bridgehead atoms. The van der Waals surface area contributed by atoms with Crippen LogP contribution in [0.5, 0.6) is 0 Å². The van der Waals surface area contributed by atoms with Crippen LogP contribution in [0.25, 0.3) is 0 Å². The summed E-state index contributed by atoms with van der Waals surface area (Å²) in [7, 11) is -3.78. The van der Waals surface area contributed by atoms with E-state index in [1.54, 1.807) is 42.5 Å². The molecule has 6 heteroatoms. The fourth-order valence-corrected chi connectivity index (χ4v) is 2.64. The van der Waals surface area contributed by atoms with Gasteiger partial charge in [-0.15, -0.1) is 4.83 Å². The minimum absolute atomic E-state index is 0.110. The van der Waals surface area contributed by atoms with Gasteiger partial charge >= 0.3 is 0 Å². The number of aryl methyl sites for hydroxylation is 2. The summed E-state index contributed by atoms with van der Waals surface area (Å²) < 4.78 is 24.2. The second-order valence-electron chi connectivity index (χ2n) is 4.67. The first-order chi connectivity index (χ1) is 9.90.